The number of benzene rings is 20. The zero-order chi connectivity index (χ0) is 98.1. The maximum Gasteiger partial charge on any atom is 0.193 e. The second-order valence-corrected chi connectivity index (χ2v) is 37.5. The van der Waals surface area contributed by atoms with Crippen molar-refractivity contribution in [3.8, 4) is 70.4 Å². The van der Waals surface area contributed by atoms with Gasteiger partial charge in [0.05, 0.1) is 27.1 Å². The van der Waals surface area contributed by atoms with Gasteiger partial charge in [-0.05, 0) is 255 Å². The number of ether oxygens (including phenoxy) is 4. The van der Waals surface area contributed by atoms with Crippen molar-refractivity contribution in [2.24, 2.45) is 0 Å². The topological polar surface area (TPSA) is 105 Å². The van der Waals surface area contributed by atoms with Gasteiger partial charge in [0.25, 0.3) is 0 Å². The van der Waals surface area contributed by atoms with Gasteiger partial charge in [0.1, 0.15) is 49.4 Å². The van der Waals surface area contributed by atoms with Crippen molar-refractivity contribution in [2.75, 3.05) is 26.4 Å². The summed E-state index contributed by atoms with van der Waals surface area (Å²) in [5.41, 5.74) is 16.8. The summed E-state index contributed by atoms with van der Waals surface area (Å²) in [4.78, 5) is 62.3. The zero-order valence-electron chi connectivity index (χ0n) is 80.2. The molecule has 0 aromatic heterocycles. The van der Waals surface area contributed by atoms with E-state index in [0.717, 1.165) is 154 Å². The molecule has 0 aliphatic heterocycles. The SMILES string of the molecule is CC#CCOc1ccc2cc(C3(c4ccc(C(c5ccc(C6(c7ccc8cc(OCC#CC)ccc8c7)c7ccccc7C(=O)c7ccccc76)cc5)(c5ccc(C6(c7ccc8cc(OCC#CC)ccc8c7)c7ccccc7C(=O)c7ccccc76)cc5)c5ccc(C6(c7ccc8cc(OCC#CC)ccc8c7)c7ccccc7C(=O)c7ccccc76)cc5)cc4)c4ccccc4C(=O)c4ccccc43)ccc2c1. The molecule has 0 amide bonds. The Bertz CT molecular complexity index is 7810. The maximum absolute atomic E-state index is 15.6. The van der Waals surface area contributed by atoms with E-state index < -0.39 is 27.1 Å². The van der Waals surface area contributed by atoms with E-state index >= 15 is 19.2 Å². The highest BCUT2D eigenvalue weighted by molar-refractivity contribution is 6.17. The van der Waals surface area contributed by atoms with Gasteiger partial charge in [-0.25, -0.2) is 0 Å². The first-order valence-electron chi connectivity index (χ1n) is 49.0. The summed E-state index contributed by atoms with van der Waals surface area (Å²) in [7, 11) is 0. The van der Waals surface area contributed by atoms with Crippen LogP contribution in [-0.4, -0.2) is 49.6 Å². The normalized spacial score (nSPS) is 13.8. The molecule has 0 heterocycles. The highest BCUT2D eigenvalue weighted by Crippen LogP contribution is 2.60. The van der Waals surface area contributed by atoms with Crippen LogP contribution in [-0.2, 0) is 27.1 Å². The number of fused-ring (bicyclic) bond motifs is 12. The number of carbonyl (C=O) groups excluding carboxylic acids is 4. The lowest BCUT2D eigenvalue weighted by atomic mass is 9.57. The number of carbonyl (C=O) groups is 4. The molecule has 0 bridgehead atoms. The highest BCUT2D eigenvalue weighted by atomic mass is 16.5. The Balaban J connectivity index is 0.802. The summed E-state index contributed by atoms with van der Waals surface area (Å²) in [5.74, 6) is 26.7. The van der Waals surface area contributed by atoms with Gasteiger partial charge >= 0.3 is 0 Å². The second kappa shape index (κ2) is 36.3. The van der Waals surface area contributed by atoms with Gasteiger partial charge in [-0.3, -0.25) is 19.2 Å². The van der Waals surface area contributed by atoms with Crippen LogP contribution in [0.2, 0.25) is 0 Å². The largest absolute Gasteiger partial charge is 0.481 e. The molecule has 0 saturated carbocycles. The molecule has 20 aromatic carbocycles. The molecule has 8 nitrogen and oxygen atoms in total. The maximum atomic E-state index is 15.6. The molecule has 8 heteroatoms. The summed E-state index contributed by atoms with van der Waals surface area (Å²) in [6.45, 7) is 8.24. The van der Waals surface area contributed by atoms with E-state index in [1.165, 1.54) is 0 Å². The van der Waals surface area contributed by atoms with Crippen LogP contribution in [0.3, 0.4) is 0 Å². The van der Waals surface area contributed by atoms with E-state index in [4.69, 9.17) is 18.9 Å². The third-order valence-corrected chi connectivity index (χ3v) is 30.5. The number of rotatable bonds is 20. The van der Waals surface area contributed by atoms with Crippen LogP contribution in [0.4, 0.5) is 0 Å². The first kappa shape index (κ1) is 89.2. The Kier molecular flexibility index (Phi) is 22.4. The Morgan fingerprint density at radius 1 is 0.186 bits per heavy atom. The monoisotopic (exact) mass is 1860 g/mol. The van der Waals surface area contributed by atoms with Crippen molar-refractivity contribution in [1.29, 1.82) is 0 Å². The van der Waals surface area contributed by atoms with Gasteiger partial charge in [-0.15, -0.1) is 23.7 Å². The zero-order valence-corrected chi connectivity index (χ0v) is 80.2. The average molecular weight is 1870 g/mol. The summed E-state index contributed by atoms with van der Waals surface area (Å²) < 4.78 is 24.8. The first-order chi connectivity index (χ1) is 71.3. The molecule has 0 saturated heterocycles. The van der Waals surface area contributed by atoms with Crippen LogP contribution < -0.4 is 18.9 Å². The molecular weight excluding hydrogens is 1770 g/mol. The summed E-state index contributed by atoms with van der Waals surface area (Å²) in [6, 6.07) is 153. The lowest BCUT2D eigenvalue weighted by molar-refractivity contribution is 0.102. The fourth-order valence-electron chi connectivity index (χ4n) is 24.2. The summed E-state index contributed by atoms with van der Waals surface area (Å²) in [5, 5.41) is 7.83. The van der Waals surface area contributed by atoms with E-state index in [2.05, 4.69) is 314 Å². The molecule has 20 aromatic rings. The van der Waals surface area contributed by atoms with Crippen molar-refractivity contribution in [2.45, 2.75) is 54.8 Å². The van der Waals surface area contributed by atoms with Gasteiger partial charge in [0, 0.05) is 44.5 Å². The Labute approximate surface area is 842 Å². The van der Waals surface area contributed by atoms with Crippen LogP contribution in [0, 0.1) is 47.4 Å². The Morgan fingerprint density at radius 3 is 0.524 bits per heavy atom. The van der Waals surface area contributed by atoms with Crippen LogP contribution in [0.1, 0.15) is 203 Å². The predicted octanol–water partition coefficient (Wildman–Crippen LogP) is 28.0. The Morgan fingerprint density at radius 2 is 0.345 bits per heavy atom. The first-order valence-corrected chi connectivity index (χ1v) is 49.0. The minimum absolute atomic E-state index is 0.0584. The van der Waals surface area contributed by atoms with Crippen molar-refractivity contribution in [1.82, 2.24) is 0 Å². The molecule has 0 radical (unpaired) electrons. The molecular formula is C137H92O8. The van der Waals surface area contributed by atoms with E-state index in [1.807, 2.05) is 198 Å². The van der Waals surface area contributed by atoms with Gasteiger partial charge in [-0.1, -0.05) is 388 Å². The van der Waals surface area contributed by atoms with Crippen molar-refractivity contribution < 1.29 is 38.1 Å². The molecule has 4 aliphatic rings. The van der Waals surface area contributed by atoms with Crippen molar-refractivity contribution >= 4 is 66.2 Å². The minimum atomic E-state index is -1.35. The number of hydrogen-bond donors (Lipinski definition) is 0. The van der Waals surface area contributed by atoms with Crippen LogP contribution >= 0.6 is 0 Å². The highest BCUT2D eigenvalue weighted by Gasteiger charge is 2.53. The van der Waals surface area contributed by atoms with Gasteiger partial charge in [0.2, 0.25) is 0 Å². The van der Waals surface area contributed by atoms with Gasteiger partial charge < -0.3 is 18.9 Å². The standard InChI is InChI=1S/C137H92O8/c1-5-9-77-142-109-73-49-89-81-105(53-45-93(89)85-109)134(121-37-21-13-29-113(121)129(138)114-30-14-22-38-122(114)134)101-65-57-97(58-66-101)133(98-59-67-102(68-60-98)135(106-54-46-94-86-110(143-78-10-6-2)74-50-90(94)82-106)123-39-23-15-31-115(123)130(139)116-32-16-24-40-124(116)135,99-61-69-103(70-62-99)136(107-55-47-95-87-111(144-79-11-7-3)75-51-91(95)83-107)125-41-25-17-33-117(125)131(140)118-34-18-26-42-126(118)136)100-63-71-104(72-64-100)137(108-56-48-96-88-112(145-80-12-8-4)76-52-92(96)84-108)127-43-27-19-35-119(127)132(141)120-36-20-28-44-128(120)137/h13-76,81-88H,77-80H2,1-4H3. The Hall–Kier alpha value is -18.4. The smallest absolute Gasteiger partial charge is 0.193 e. The quantitative estimate of drug-likeness (QED) is 0.0549. The fraction of sp³-hybridized carbons (Fsp3) is 0.0949. The molecule has 0 atom stereocenters. The molecule has 0 fully saturated rings. The van der Waals surface area contributed by atoms with E-state index in [9.17, 15) is 0 Å². The molecule has 24 rings (SSSR count). The fourth-order valence-corrected chi connectivity index (χ4v) is 24.2. The number of ketones is 4. The molecule has 0 N–H and O–H groups in total. The van der Waals surface area contributed by atoms with Crippen LogP contribution in [0.15, 0.2) is 437 Å². The average Bonchev–Trinajstić information content (AvgIpc) is 0.699. The third-order valence-electron chi connectivity index (χ3n) is 30.5. The third kappa shape index (κ3) is 14.0. The number of hydrogen-bond acceptors (Lipinski definition) is 8. The predicted molar refractivity (Wildman–Crippen MR) is 578 cm³/mol. The molecule has 0 unspecified atom stereocenters. The molecule has 688 valence electrons. The van der Waals surface area contributed by atoms with Crippen molar-refractivity contribution in [3.63, 3.8) is 0 Å². The van der Waals surface area contributed by atoms with E-state index in [1.54, 1.807) is 0 Å². The van der Waals surface area contributed by atoms with E-state index in [-0.39, 0.29) is 49.6 Å². The van der Waals surface area contributed by atoms with Crippen molar-refractivity contribution in [3.05, 3.63) is 593 Å². The molecule has 145 heavy (non-hydrogen) atoms. The van der Waals surface area contributed by atoms with E-state index in [0.29, 0.717) is 67.5 Å². The van der Waals surface area contributed by atoms with Gasteiger partial charge in [-0.2, -0.15) is 0 Å². The summed E-state index contributed by atoms with van der Waals surface area (Å²) >= 11 is 0. The summed E-state index contributed by atoms with van der Waals surface area (Å²) in [6.07, 6.45) is 0. The second-order valence-electron chi connectivity index (χ2n) is 37.5. The molecule has 4 aliphatic carbocycles. The van der Waals surface area contributed by atoms with Crippen LogP contribution in [0.5, 0.6) is 23.0 Å². The minimum Gasteiger partial charge on any atom is -0.481 e. The van der Waals surface area contributed by atoms with Crippen LogP contribution in [0.25, 0.3) is 43.1 Å². The lowest BCUT2D eigenvalue weighted by Crippen LogP contribution is -2.39. The molecule has 0 spiro atoms. The lowest BCUT2D eigenvalue weighted by Gasteiger charge is -2.44. The van der Waals surface area contributed by atoms with Gasteiger partial charge in [0.15, 0.2) is 23.1 Å².